The lowest BCUT2D eigenvalue weighted by Crippen LogP contribution is -2.42. The van der Waals surface area contributed by atoms with E-state index in [0.717, 1.165) is 29.9 Å². The lowest BCUT2D eigenvalue weighted by Gasteiger charge is -2.20. The van der Waals surface area contributed by atoms with Crippen molar-refractivity contribution in [3.63, 3.8) is 0 Å². The van der Waals surface area contributed by atoms with Crippen molar-refractivity contribution in [3.05, 3.63) is 99.5 Å². The molecular weight excluding hydrogens is 483 g/mol. The second-order valence-corrected chi connectivity index (χ2v) is 9.10. The van der Waals surface area contributed by atoms with Crippen LogP contribution in [-0.2, 0) is 4.79 Å². The summed E-state index contributed by atoms with van der Waals surface area (Å²) in [5.41, 5.74) is 6.22. The number of nitrogens with one attached hydrogen (secondary N) is 2. The van der Waals surface area contributed by atoms with Gasteiger partial charge in [-0.05, 0) is 74.5 Å². The highest BCUT2D eigenvalue weighted by Gasteiger charge is 2.47. The Morgan fingerprint density at radius 3 is 2.09 bits per heavy atom. The standard InChI is InChI=1S/C27H26Cl2N4O2/c1-3-32(4-2)23-15-5-18(6-16-23)17-33-25(19-7-11-21(28)12-8-19)24(27(35)31-33)30-26(34)20-9-13-22(29)14-10-20/h5-17,24-25H,3-4H2,1-2H3,(H-,30,31,34,35)/p+1/t24-,25+/m0/s1. The second-order valence-electron chi connectivity index (χ2n) is 8.23. The predicted octanol–water partition coefficient (Wildman–Crippen LogP) is 4.86. The van der Waals surface area contributed by atoms with Gasteiger partial charge in [-0.2, -0.15) is 0 Å². The Kier molecular flexibility index (Phi) is 7.73. The van der Waals surface area contributed by atoms with E-state index >= 15 is 0 Å². The summed E-state index contributed by atoms with van der Waals surface area (Å²) in [6.07, 6.45) is 1.87. The zero-order valence-electron chi connectivity index (χ0n) is 19.5. The van der Waals surface area contributed by atoms with E-state index in [4.69, 9.17) is 23.2 Å². The fourth-order valence-electron chi connectivity index (χ4n) is 4.19. The maximum Gasteiger partial charge on any atom is 0.304 e. The molecule has 3 aromatic carbocycles. The summed E-state index contributed by atoms with van der Waals surface area (Å²) in [6.45, 7) is 6.10. The van der Waals surface area contributed by atoms with Gasteiger partial charge >= 0.3 is 5.91 Å². The van der Waals surface area contributed by atoms with E-state index in [9.17, 15) is 9.59 Å². The van der Waals surface area contributed by atoms with Gasteiger partial charge in [0.1, 0.15) is 0 Å². The lowest BCUT2D eigenvalue weighted by molar-refractivity contribution is -0.596. The second kappa shape index (κ2) is 10.9. The number of benzene rings is 3. The number of amides is 2. The van der Waals surface area contributed by atoms with E-state index in [1.807, 2.05) is 30.5 Å². The van der Waals surface area contributed by atoms with Crippen molar-refractivity contribution in [2.45, 2.75) is 25.9 Å². The third-order valence-electron chi connectivity index (χ3n) is 6.05. The van der Waals surface area contributed by atoms with E-state index < -0.39 is 12.1 Å². The molecule has 8 heteroatoms. The van der Waals surface area contributed by atoms with Crippen LogP contribution in [0.2, 0.25) is 10.0 Å². The monoisotopic (exact) mass is 509 g/mol. The molecule has 0 bridgehead atoms. The summed E-state index contributed by atoms with van der Waals surface area (Å²) in [5, 5.41) is 4.01. The van der Waals surface area contributed by atoms with Crippen LogP contribution in [0.15, 0.2) is 72.8 Å². The quantitative estimate of drug-likeness (QED) is 0.447. The topological polar surface area (TPSA) is 64.5 Å². The van der Waals surface area contributed by atoms with Crippen LogP contribution in [0.5, 0.6) is 0 Å². The van der Waals surface area contributed by atoms with Crippen molar-refractivity contribution in [2.75, 3.05) is 18.0 Å². The van der Waals surface area contributed by atoms with Gasteiger partial charge in [0.2, 0.25) is 12.3 Å². The van der Waals surface area contributed by atoms with E-state index in [-0.39, 0.29) is 11.8 Å². The molecule has 1 aliphatic rings. The average molecular weight is 510 g/mol. The highest BCUT2D eigenvalue weighted by atomic mass is 35.5. The number of halogens is 2. The molecule has 1 fully saturated rings. The number of hydrazine groups is 1. The van der Waals surface area contributed by atoms with Crippen LogP contribution in [0.25, 0.3) is 0 Å². The molecule has 35 heavy (non-hydrogen) atoms. The minimum atomic E-state index is -0.814. The Bertz CT molecular complexity index is 1220. The van der Waals surface area contributed by atoms with Crippen LogP contribution in [0, 0.1) is 0 Å². The Labute approximate surface area is 215 Å². The highest BCUT2D eigenvalue weighted by molar-refractivity contribution is 6.30. The third-order valence-corrected chi connectivity index (χ3v) is 6.56. The SMILES string of the molecule is CCN(CC)c1ccc(/C=[N+]2\NC(=O)[C@@H](NC(=O)c3ccc(Cl)cc3)[C@H]2c2ccc(Cl)cc2)cc1. The Balaban J connectivity index is 1.66. The van der Waals surface area contributed by atoms with Gasteiger partial charge in [0.15, 0.2) is 6.04 Å². The fraction of sp³-hybridized carbons (Fsp3) is 0.222. The van der Waals surface area contributed by atoms with Gasteiger partial charge in [-0.15, -0.1) is 10.1 Å². The van der Waals surface area contributed by atoms with Crippen molar-refractivity contribution in [2.24, 2.45) is 0 Å². The zero-order chi connectivity index (χ0) is 24.9. The minimum absolute atomic E-state index is 0.303. The molecule has 3 aromatic rings. The number of carbonyl (C=O) groups excluding carboxylic acids is 2. The molecule has 0 spiro atoms. The Hall–Kier alpha value is -3.35. The van der Waals surface area contributed by atoms with Crippen molar-refractivity contribution in [3.8, 4) is 0 Å². The number of hydrazone groups is 1. The van der Waals surface area contributed by atoms with Crippen molar-refractivity contribution in [1.82, 2.24) is 10.7 Å². The molecule has 2 amide bonds. The van der Waals surface area contributed by atoms with Gasteiger partial charge in [0.25, 0.3) is 5.91 Å². The summed E-state index contributed by atoms with van der Waals surface area (Å²) < 4.78 is 1.74. The Morgan fingerprint density at radius 2 is 1.51 bits per heavy atom. The molecule has 2 atom stereocenters. The van der Waals surface area contributed by atoms with Crippen LogP contribution < -0.4 is 15.6 Å². The normalized spacial score (nSPS) is 18.4. The summed E-state index contributed by atoms with van der Waals surface area (Å²) in [4.78, 5) is 28.2. The molecule has 0 aromatic heterocycles. The maximum atomic E-state index is 13.0. The summed E-state index contributed by atoms with van der Waals surface area (Å²) in [6, 6.07) is 20.7. The molecule has 1 saturated heterocycles. The van der Waals surface area contributed by atoms with E-state index in [0.29, 0.717) is 15.6 Å². The van der Waals surface area contributed by atoms with Crippen LogP contribution in [0.1, 0.15) is 41.4 Å². The smallest absolute Gasteiger partial charge is 0.304 e. The first-order valence-electron chi connectivity index (χ1n) is 11.5. The maximum absolute atomic E-state index is 13.0. The minimum Gasteiger partial charge on any atom is -0.372 e. The van der Waals surface area contributed by atoms with E-state index in [1.54, 1.807) is 41.1 Å². The fourth-order valence-corrected chi connectivity index (χ4v) is 4.44. The van der Waals surface area contributed by atoms with E-state index in [1.165, 1.54) is 0 Å². The van der Waals surface area contributed by atoms with Crippen LogP contribution >= 0.6 is 23.2 Å². The number of anilines is 1. The molecule has 0 radical (unpaired) electrons. The Morgan fingerprint density at radius 1 is 0.943 bits per heavy atom. The van der Waals surface area contributed by atoms with Crippen molar-refractivity contribution in [1.29, 1.82) is 0 Å². The van der Waals surface area contributed by atoms with Crippen LogP contribution in [0.3, 0.4) is 0 Å². The van der Waals surface area contributed by atoms with E-state index in [2.05, 4.69) is 41.6 Å². The molecule has 180 valence electrons. The van der Waals surface area contributed by atoms with Gasteiger partial charge in [0.05, 0.1) is 0 Å². The zero-order valence-corrected chi connectivity index (χ0v) is 21.1. The molecule has 0 aliphatic carbocycles. The first-order chi connectivity index (χ1) is 16.9. The summed E-state index contributed by atoms with van der Waals surface area (Å²) in [5.74, 6) is -0.658. The third kappa shape index (κ3) is 5.66. The lowest BCUT2D eigenvalue weighted by atomic mass is 9.99. The molecule has 1 heterocycles. The van der Waals surface area contributed by atoms with Gasteiger partial charge in [-0.25, -0.2) is 0 Å². The van der Waals surface area contributed by atoms with Crippen LogP contribution in [0.4, 0.5) is 5.69 Å². The van der Waals surface area contributed by atoms with Crippen LogP contribution in [-0.4, -0.2) is 41.8 Å². The van der Waals surface area contributed by atoms with Gasteiger partial charge in [-0.3, -0.25) is 9.59 Å². The number of hydrogen-bond acceptors (Lipinski definition) is 3. The first-order valence-corrected chi connectivity index (χ1v) is 12.3. The molecule has 4 rings (SSSR count). The molecule has 0 saturated carbocycles. The van der Waals surface area contributed by atoms with Gasteiger partial charge in [0, 0.05) is 45.5 Å². The molecule has 1 aliphatic heterocycles. The molecule has 2 N–H and O–H groups in total. The van der Waals surface area contributed by atoms with Crippen molar-refractivity contribution >= 4 is 46.9 Å². The highest BCUT2D eigenvalue weighted by Crippen LogP contribution is 2.27. The molecule has 6 nitrogen and oxygen atoms in total. The molecule has 0 unspecified atom stereocenters. The number of hydrogen-bond donors (Lipinski definition) is 2. The summed E-state index contributed by atoms with van der Waals surface area (Å²) >= 11 is 12.0. The first kappa shape index (κ1) is 24.8. The van der Waals surface area contributed by atoms with Gasteiger partial charge < -0.3 is 10.2 Å². The van der Waals surface area contributed by atoms with Gasteiger partial charge in [-0.1, -0.05) is 35.3 Å². The largest absolute Gasteiger partial charge is 0.372 e. The number of rotatable bonds is 7. The average Bonchev–Trinajstić information content (AvgIpc) is 3.16. The summed E-state index contributed by atoms with van der Waals surface area (Å²) in [7, 11) is 0. The van der Waals surface area contributed by atoms with Crippen molar-refractivity contribution < 1.29 is 14.3 Å². The number of nitrogens with zero attached hydrogens (tertiary/aromatic N) is 2. The predicted molar refractivity (Wildman–Crippen MR) is 140 cm³/mol. The molecular formula is C27H27Cl2N4O2+. The number of carbonyl (C=O) groups is 2.